The molecule has 3 rings (SSSR count). The topological polar surface area (TPSA) is 51.2 Å². The highest BCUT2D eigenvalue weighted by atomic mass is 16.5. The molecule has 140 valence electrons. The molecule has 1 aromatic carbocycles. The van der Waals surface area contributed by atoms with Gasteiger partial charge < -0.3 is 24.2 Å². The highest BCUT2D eigenvalue weighted by Gasteiger charge is 2.27. The van der Waals surface area contributed by atoms with Crippen molar-refractivity contribution in [1.29, 1.82) is 0 Å². The molecule has 0 unspecified atom stereocenters. The maximum Gasteiger partial charge on any atom is 0.184 e. The van der Waals surface area contributed by atoms with Crippen molar-refractivity contribution in [2.75, 3.05) is 38.8 Å². The number of β-amino-alcohol motifs (C(OH)–C–C–N with tert-alkyl or cyclic N) is 1. The third kappa shape index (κ3) is 4.39. The van der Waals surface area contributed by atoms with Crippen molar-refractivity contribution in [2.24, 2.45) is 0 Å². The van der Waals surface area contributed by atoms with Crippen LogP contribution in [0.3, 0.4) is 0 Å². The van der Waals surface area contributed by atoms with Crippen LogP contribution in [0.4, 0.5) is 5.69 Å². The van der Waals surface area contributed by atoms with Crippen molar-refractivity contribution < 1.29 is 19.3 Å². The highest BCUT2D eigenvalue weighted by Crippen LogP contribution is 2.42. The number of aliphatic hydroxyl groups is 1. The summed E-state index contributed by atoms with van der Waals surface area (Å²) in [5.74, 6) is 1.49. The van der Waals surface area contributed by atoms with Crippen LogP contribution in [0.25, 0.3) is 0 Å². The fraction of sp³-hybridized carbons (Fsp3) is 0.700. The van der Waals surface area contributed by atoms with E-state index in [1.807, 2.05) is 6.07 Å². The zero-order valence-corrected chi connectivity index (χ0v) is 15.5. The number of anilines is 1. The Balaban J connectivity index is 1.74. The Kier molecular flexibility index (Phi) is 6.43. The van der Waals surface area contributed by atoms with Gasteiger partial charge >= 0.3 is 0 Å². The Hall–Kier alpha value is -1.46. The summed E-state index contributed by atoms with van der Waals surface area (Å²) in [6.45, 7) is 2.20. The fourth-order valence-corrected chi connectivity index (χ4v) is 4.01. The summed E-state index contributed by atoms with van der Waals surface area (Å²) in [7, 11) is 3.34. The van der Waals surface area contributed by atoms with Gasteiger partial charge in [0, 0.05) is 13.1 Å². The van der Waals surface area contributed by atoms with Crippen LogP contribution >= 0.6 is 0 Å². The van der Waals surface area contributed by atoms with Gasteiger partial charge in [-0.25, -0.2) is 0 Å². The third-order valence-corrected chi connectivity index (χ3v) is 5.36. The zero-order valence-electron chi connectivity index (χ0n) is 15.5. The minimum absolute atomic E-state index is 0.276. The molecule has 0 spiro atoms. The Morgan fingerprint density at radius 3 is 2.52 bits per heavy atom. The molecule has 1 aliphatic heterocycles. The Bertz CT molecular complexity index is 557. The van der Waals surface area contributed by atoms with Crippen LogP contribution in [0, 0.1) is 0 Å². The van der Waals surface area contributed by atoms with Crippen molar-refractivity contribution in [3.05, 3.63) is 17.7 Å². The first-order valence-corrected chi connectivity index (χ1v) is 9.51. The maximum absolute atomic E-state index is 9.95. The molecule has 2 aliphatic rings. The van der Waals surface area contributed by atoms with Gasteiger partial charge in [-0.2, -0.15) is 0 Å². The molecule has 1 heterocycles. The fourth-order valence-electron chi connectivity index (χ4n) is 4.01. The maximum atomic E-state index is 9.95. The van der Waals surface area contributed by atoms with Crippen LogP contribution in [0.2, 0.25) is 0 Å². The average molecular weight is 349 g/mol. The highest BCUT2D eigenvalue weighted by molar-refractivity contribution is 5.70. The summed E-state index contributed by atoms with van der Waals surface area (Å²) >= 11 is 0. The molecule has 5 nitrogen and oxygen atoms in total. The third-order valence-electron chi connectivity index (χ3n) is 5.36. The van der Waals surface area contributed by atoms with E-state index in [1.54, 1.807) is 14.2 Å². The SMILES string of the molecule is COc1ccc(CCOC2CCCCC2)c(N2CC[C@@H](O)C2)c1OC. The number of benzene rings is 1. The van der Waals surface area contributed by atoms with E-state index in [2.05, 4.69) is 11.0 Å². The molecule has 25 heavy (non-hydrogen) atoms. The molecule has 1 saturated heterocycles. The Morgan fingerprint density at radius 2 is 1.88 bits per heavy atom. The number of rotatable bonds is 7. The van der Waals surface area contributed by atoms with Crippen LogP contribution in [-0.2, 0) is 11.2 Å². The predicted octanol–water partition coefficient (Wildman–Crippen LogP) is 3.17. The molecule has 0 radical (unpaired) electrons. The quantitative estimate of drug-likeness (QED) is 0.819. The minimum Gasteiger partial charge on any atom is -0.493 e. The van der Waals surface area contributed by atoms with Crippen LogP contribution < -0.4 is 14.4 Å². The summed E-state index contributed by atoms with van der Waals surface area (Å²) in [5.41, 5.74) is 2.24. The first kappa shape index (κ1) is 18.3. The van der Waals surface area contributed by atoms with Gasteiger partial charge in [0.1, 0.15) is 0 Å². The predicted molar refractivity (Wildman–Crippen MR) is 98.9 cm³/mol. The van der Waals surface area contributed by atoms with Crippen molar-refractivity contribution >= 4 is 5.69 Å². The van der Waals surface area contributed by atoms with E-state index in [0.717, 1.165) is 43.2 Å². The van der Waals surface area contributed by atoms with Gasteiger partial charge in [-0.3, -0.25) is 0 Å². The van der Waals surface area contributed by atoms with E-state index >= 15 is 0 Å². The van der Waals surface area contributed by atoms with Crippen molar-refractivity contribution in [3.8, 4) is 11.5 Å². The van der Waals surface area contributed by atoms with Gasteiger partial charge in [0.15, 0.2) is 11.5 Å². The van der Waals surface area contributed by atoms with Gasteiger partial charge in [0.05, 0.1) is 38.7 Å². The molecule has 0 amide bonds. The molecule has 2 fully saturated rings. The van der Waals surface area contributed by atoms with E-state index in [4.69, 9.17) is 14.2 Å². The average Bonchev–Trinajstić information content (AvgIpc) is 3.08. The lowest BCUT2D eigenvalue weighted by Crippen LogP contribution is -2.24. The lowest BCUT2D eigenvalue weighted by Gasteiger charge is -2.26. The Labute approximate surface area is 150 Å². The molecule has 1 N–H and O–H groups in total. The standard InChI is InChI=1S/C20H31NO4/c1-23-18-9-8-15(11-13-25-17-6-4-3-5-7-17)19(20(18)24-2)21-12-10-16(22)14-21/h8-9,16-17,22H,3-7,10-14H2,1-2H3/t16-/m1/s1. The number of aliphatic hydroxyl groups excluding tert-OH is 1. The molecule has 1 saturated carbocycles. The van der Waals surface area contributed by atoms with Crippen molar-refractivity contribution in [2.45, 2.75) is 57.2 Å². The number of hydrogen-bond donors (Lipinski definition) is 1. The van der Waals surface area contributed by atoms with Gasteiger partial charge in [-0.1, -0.05) is 25.3 Å². The smallest absolute Gasteiger partial charge is 0.184 e. The van der Waals surface area contributed by atoms with Crippen LogP contribution in [0.1, 0.15) is 44.1 Å². The molecule has 1 aliphatic carbocycles. The summed E-state index contributed by atoms with van der Waals surface area (Å²) in [6.07, 6.45) is 8.09. The monoisotopic (exact) mass is 349 g/mol. The van der Waals surface area contributed by atoms with E-state index in [0.29, 0.717) is 12.6 Å². The number of ether oxygens (including phenoxy) is 3. The summed E-state index contributed by atoms with van der Waals surface area (Å²) in [6, 6.07) is 4.07. The Morgan fingerprint density at radius 1 is 1.08 bits per heavy atom. The van der Waals surface area contributed by atoms with Gasteiger partial charge in [0.2, 0.25) is 0 Å². The number of methoxy groups -OCH3 is 2. The molecular weight excluding hydrogens is 318 g/mol. The molecule has 5 heteroatoms. The molecule has 1 aromatic rings. The normalized spacial score (nSPS) is 21.6. The van der Waals surface area contributed by atoms with E-state index in [-0.39, 0.29) is 6.10 Å². The van der Waals surface area contributed by atoms with Crippen LogP contribution in [-0.4, -0.2) is 51.2 Å². The van der Waals surface area contributed by atoms with Crippen molar-refractivity contribution in [1.82, 2.24) is 0 Å². The zero-order chi connectivity index (χ0) is 17.6. The van der Waals surface area contributed by atoms with Gasteiger partial charge in [-0.15, -0.1) is 0 Å². The summed E-state index contributed by atoms with van der Waals surface area (Å²) in [4.78, 5) is 2.21. The number of hydrogen-bond acceptors (Lipinski definition) is 5. The summed E-state index contributed by atoms with van der Waals surface area (Å²) in [5, 5.41) is 9.95. The molecule has 0 bridgehead atoms. The van der Waals surface area contributed by atoms with E-state index < -0.39 is 0 Å². The second-order valence-corrected chi connectivity index (χ2v) is 7.08. The lowest BCUT2D eigenvalue weighted by atomic mass is 9.98. The largest absolute Gasteiger partial charge is 0.493 e. The second kappa shape index (κ2) is 8.77. The molecule has 1 atom stereocenters. The number of nitrogens with zero attached hydrogens (tertiary/aromatic N) is 1. The molecule has 0 aromatic heterocycles. The molecular formula is C20H31NO4. The van der Waals surface area contributed by atoms with Gasteiger partial charge in [0.25, 0.3) is 0 Å². The van der Waals surface area contributed by atoms with Gasteiger partial charge in [-0.05, 0) is 37.3 Å². The first-order valence-electron chi connectivity index (χ1n) is 9.51. The van der Waals surface area contributed by atoms with Crippen LogP contribution in [0.5, 0.6) is 11.5 Å². The second-order valence-electron chi connectivity index (χ2n) is 7.08. The minimum atomic E-state index is -0.276. The lowest BCUT2D eigenvalue weighted by molar-refractivity contribution is 0.0303. The van der Waals surface area contributed by atoms with Crippen molar-refractivity contribution in [3.63, 3.8) is 0 Å². The van der Waals surface area contributed by atoms with Crippen LogP contribution in [0.15, 0.2) is 12.1 Å². The first-order chi connectivity index (χ1) is 12.2. The summed E-state index contributed by atoms with van der Waals surface area (Å²) < 4.78 is 17.3. The van der Waals surface area contributed by atoms with E-state index in [9.17, 15) is 5.11 Å². The van der Waals surface area contributed by atoms with E-state index in [1.165, 1.54) is 37.7 Å².